The Labute approximate surface area is 233 Å². The van der Waals surface area contributed by atoms with Crippen LogP contribution in [0.1, 0.15) is 19.3 Å². The van der Waals surface area contributed by atoms with Crippen molar-refractivity contribution in [3.05, 3.63) is 94.4 Å². The van der Waals surface area contributed by atoms with E-state index in [0.717, 1.165) is 16.5 Å². The molecule has 9 heteroatoms. The maximum Gasteiger partial charge on any atom is 0.306 e. The average molecular weight is 596 g/mol. The van der Waals surface area contributed by atoms with Gasteiger partial charge < -0.3 is 20.1 Å². The fourth-order valence-corrected chi connectivity index (χ4v) is 4.01. The van der Waals surface area contributed by atoms with Crippen molar-refractivity contribution in [2.24, 2.45) is 0 Å². The molecule has 2 N–H and O–H groups in total. The lowest BCUT2D eigenvalue weighted by molar-refractivity contribution is -0.147. The Balaban J connectivity index is 1.14. The molecule has 4 rings (SSSR count). The quantitative estimate of drug-likeness (QED) is 0.187. The summed E-state index contributed by atoms with van der Waals surface area (Å²) in [5.41, 5.74) is 1.11. The van der Waals surface area contributed by atoms with Crippen LogP contribution in [-0.2, 0) is 19.1 Å². The van der Waals surface area contributed by atoms with E-state index < -0.39 is 18.5 Å². The largest absolute Gasteiger partial charge is 0.457 e. The first-order valence-electron chi connectivity index (χ1n) is 11.8. The van der Waals surface area contributed by atoms with Crippen LogP contribution in [0.5, 0.6) is 11.5 Å². The minimum absolute atomic E-state index is 0.0172. The number of rotatable bonds is 10. The van der Waals surface area contributed by atoms with E-state index in [2.05, 4.69) is 26.6 Å². The van der Waals surface area contributed by atoms with Crippen LogP contribution in [0.3, 0.4) is 0 Å². The van der Waals surface area contributed by atoms with Gasteiger partial charge in [-0.1, -0.05) is 41.9 Å². The fourth-order valence-electron chi connectivity index (χ4n) is 3.58. The van der Waals surface area contributed by atoms with Gasteiger partial charge in [0.05, 0.1) is 5.02 Å². The Morgan fingerprint density at radius 2 is 1.42 bits per heavy atom. The first-order chi connectivity index (χ1) is 18.4. The van der Waals surface area contributed by atoms with E-state index in [1.165, 1.54) is 0 Å². The maximum atomic E-state index is 12.2. The van der Waals surface area contributed by atoms with E-state index in [9.17, 15) is 14.4 Å². The molecule has 194 valence electrons. The molecule has 0 aliphatic rings. The molecule has 7 nitrogen and oxygen atoms in total. The highest BCUT2D eigenvalue weighted by atomic mass is 79.9. The van der Waals surface area contributed by atoms with E-state index in [1.807, 2.05) is 42.5 Å². The smallest absolute Gasteiger partial charge is 0.306 e. The lowest BCUT2D eigenvalue weighted by Crippen LogP contribution is -2.21. The zero-order chi connectivity index (χ0) is 26.9. The predicted molar refractivity (Wildman–Crippen MR) is 152 cm³/mol. The molecule has 0 heterocycles. The Kier molecular flexibility index (Phi) is 9.35. The Morgan fingerprint density at radius 1 is 0.737 bits per heavy atom. The van der Waals surface area contributed by atoms with Crippen LogP contribution in [0.25, 0.3) is 10.8 Å². The van der Waals surface area contributed by atoms with Gasteiger partial charge in [-0.15, -0.1) is 0 Å². The van der Waals surface area contributed by atoms with Gasteiger partial charge in [0.15, 0.2) is 6.61 Å². The monoisotopic (exact) mass is 594 g/mol. The van der Waals surface area contributed by atoms with Crippen molar-refractivity contribution in [2.75, 3.05) is 17.2 Å². The number of fused-ring (bicyclic) bond motifs is 1. The van der Waals surface area contributed by atoms with Gasteiger partial charge in [0.1, 0.15) is 11.5 Å². The van der Waals surface area contributed by atoms with Crippen LogP contribution in [-0.4, -0.2) is 24.4 Å². The first-order valence-corrected chi connectivity index (χ1v) is 13.0. The van der Waals surface area contributed by atoms with E-state index in [-0.39, 0.29) is 25.2 Å². The number of carbonyl (C=O) groups is 3. The van der Waals surface area contributed by atoms with Gasteiger partial charge in [0.25, 0.3) is 5.91 Å². The third-order valence-electron chi connectivity index (χ3n) is 5.45. The lowest BCUT2D eigenvalue weighted by atomic mass is 10.1. The third kappa shape index (κ3) is 8.06. The SMILES string of the molecule is O=C(CCCC(=O)OCC(=O)Nc1ccc(Br)c(Cl)c1)Nc1ccc(Oc2ccc3ccccc3c2)cc1. The van der Waals surface area contributed by atoms with Gasteiger partial charge >= 0.3 is 5.97 Å². The zero-order valence-electron chi connectivity index (χ0n) is 20.2. The summed E-state index contributed by atoms with van der Waals surface area (Å²) in [6, 6.07) is 25.9. The lowest BCUT2D eigenvalue weighted by Gasteiger charge is -2.09. The van der Waals surface area contributed by atoms with Gasteiger partial charge in [-0.05, 0) is 87.7 Å². The van der Waals surface area contributed by atoms with Crippen LogP contribution < -0.4 is 15.4 Å². The molecule has 0 aliphatic carbocycles. The van der Waals surface area contributed by atoms with Gasteiger partial charge in [0.2, 0.25) is 5.91 Å². The van der Waals surface area contributed by atoms with Crippen LogP contribution in [0.4, 0.5) is 11.4 Å². The second kappa shape index (κ2) is 13.1. The first kappa shape index (κ1) is 27.2. The zero-order valence-corrected chi connectivity index (χ0v) is 22.6. The molecule has 4 aromatic carbocycles. The molecule has 0 atom stereocenters. The van der Waals surface area contributed by atoms with E-state index in [0.29, 0.717) is 26.6 Å². The minimum Gasteiger partial charge on any atom is -0.457 e. The summed E-state index contributed by atoms with van der Waals surface area (Å²) < 4.78 is 11.6. The number of carbonyl (C=O) groups excluding carboxylic acids is 3. The number of hydrogen-bond donors (Lipinski definition) is 2. The highest BCUT2D eigenvalue weighted by molar-refractivity contribution is 9.10. The molecule has 0 bridgehead atoms. The molecule has 0 fully saturated rings. The molecule has 0 aromatic heterocycles. The summed E-state index contributed by atoms with van der Waals surface area (Å²) in [5, 5.41) is 8.06. The molecule has 4 aromatic rings. The Bertz CT molecular complexity index is 1460. The summed E-state index contributed by atoms with van der Waals surface area (Å²) >= 11 is 9.26. The molecular formula is C29H24BrClN2O5. The molecule has 0 unspecified atom stereocenters. The molecule has 0 saturated heterocycles. The van der Waals surface area contributed by atoms with Crippen LogP contribution in [0.15, 0.2) is 89.4 Å². The van der Waals surface area contributed by atoms with Crippen molar-refractivity contribution in [1.29, 1.82) is 0 Å². The second-order valence-electron chi connectivity index (χ2n) is 8.37. The summed E-state index contributed by atoms with van der Waals surface area (Å²) in [6.45, 7) is -0.424. The van der Waals surface area contributed by atoms with Crippen LogP contribution in [0, 0.1) is 0 Å². The summed E-state index contributed by atoms with van der Waals surface area (Å²) in [7, 11) is 0. The van der Waals surface area contributed by atoms with Crippen LogP contribution >= 0.6 is 27.5 Å². The van der Waals surface area contributed by atoms with Crippen molar-refractivity contribution in [3.8, 4) is 11.5 Å². The molecule has 0 saturated carbocycles. The Hall–Kier alpha value is -3.88. The molecule has 0 spiro atoms. The van der Waals surface area contributed by atoms with Crippen molar-refractivity contribution in [1.82, 2.24) is 0 Å². The number of halogens is 2. The molecular weight excluding hydrogens is 572 g/mol. The van der Waals surface area contributed by atoms with Crippen molar-refractivity contribution in [3.63, 3.8) is 0 Å². The standard InChI is InChI=1S/C29H24BrClN2O5/c30-25-15-11-22(17-26(25)31)33-28(35)18-37-29(36)7-3-6-27(34)32-21-9-13-23(14-10-21)38-24-12-8-19-4-1-2-5-20(19)16-24/h1-2,4-5,8-17H,3,6-7,18H2,(H,32,34)(H,33,35). The average Bonchev–Trinajstić information content (AvgIpc) is 2.91. The third-order valence-corrected chi connectivity index (χ3v) is 6.68. The Morgan fingerprint density at radius 3 is 2.18 bits per heavy atom. The molecule has 38 heavy (non-hydrogen) atoms. The van der Waals surface area contributed by atoms with E-state index in [4.69, 9.17) is 21.1 Å². The highest BCUT2D eigenvalue weighted by Gasteiger charge is 2.11. The molecule has 0 radical (unpaired) electrons. The summed E-state index contributed by atoms with van der Waals surface area (Å²) in [6.07, 6.45) is 0.440. The van der Waals surface area contributed by atoms with Gasteiger partial charge in [-0.25, -0.2) is 0 Å². The summed E-state index contributed by atoms with van der Waals surface area (Å²) in [5.74, 6) is 0.0984. The molecule has 2 amide bonds. The fraction of sp³-hybridized carbons (Fsp3) is 0.138. The maximum absolute atomic E-state index is 12.2. The predicted octanol–water partition coefficient (Wildman–Crippen LogP) is 7.34. The number of benzene rings is 4. The number of ether oxygens (including phenoxy) is 2. The topological polar surface area (TPSA) is 93.7 Å². The minimum atomic E-state index is -0.558. The number of esters is 1. The normalized spacial score (nSPS) is 10.6. The van der Waals surface area contributed by atoms with Crippen LogP contribution in [0.2, 0.25) is 5.02 Å². The van der Waals surface area contributed by atoms with E-state index >= 15 is 0 Å². The number of amides is 2. The van der Waals surface area contributed by atoms with E-state index in [1.54, 1.807) is 42.5 Å². The number of hydrogen-bond acceptors (Lipinski definition) is 5. The number of nitrogens with one attached hydrogen (secondary N) is 2. The second-order valence-corrected chi connectivity index (χ2v) is 9.64. The van der Waals surface area contributed by atoms with Crippen molar-refractivity contribution in [2.45, 2.75) is 19.3 Å². The van der Waals surface area contributed by atoms with Gasteiger partial charge in [-0.3, -0.25) is 14.4 Å². The number of anilines is 2. The summed E-state index contributed by atoms with van der Waals surface area (Å²) in [4.78, 5) is 36.1. The van der Waals surface area contributed by atoms with Gasteiger partial charge in [0, 0.05) is 28.7 Å². The van der Waals surface area contributed by atoms with Gasteiger partial charge in [-0.2, -0.15) is 0 Å². The highest BCUT2D eigenvalue weighted by Crippen LogP contribution is 2.27. The van der Waals surface area contributed by atoms with Crippen molar-refractivity contribution < 1.29 is 23.9 Å². The molecule has 0 aliphatic heterocycles. The van der Waals surface area contributed by atoms with Crippen molar-refractivity contribution >= 4 is 67.5 Å².